The minimum atomic E-state index is -0.434. The Kier molecular flexibility index (Phi) is 5.86. The highest BCUT2D eigenvalue weighted by Gasteiger charge is 2.15. The van der Waals surface area contributed by atoms with Gasteiger partial charge >= 0.3 is 0 Å². The molecule has 20 heavy (non-hydrogen) atoms. The zero-order chi connectivity index (χ0) is 14.4. The molecule has 110 valence electrons. The van der Waals surface area contributed by atoms with E-state index in [1.54, 1.807) is 24.3 Å². The van der Waals surface area contributed by atoms with Crippen LogP contribution in [-0.2, 0) is 0 Å². The summed E-state index contributed by atoms with van der Waals surface area (Å²) in [7, 11) is 0. The van der Waals surface area contributed by atoms with Crippen LogP contribution in [0.4, 0.5) is 0 Å². The standard InChI is InChI=1S/C16H22ClNO2/c1-13-4-2-9-18(12-13)10-3-11-20-15-7-5-14(6-8-15)16(17)19/h5-8,13H,2-4,9-12H2,1H3. The molecule has 0 saturated carbocycles. The highest BCUT2D eigenvalue weighted by atomic mass is 35.5. The molecule has 1 unspecified atom stereocenters. The molecule has 1 aliphatic rings. The van der Waals surface area contributed by atoms with Gasteiger partial charge in [0.05, 0.1) is 6.61 Å². The number of likely N-dealkylation sites (tertiary alicyclic amines) is 1. The van der Waals surface area contributed by atoms with Gasteiger partial charge in [-0.3, -0.25) is 4.79 Å². The van der Waals surface area contributed by atoms with Gasteiger partial charge in [-0.05, 0) is 67.6 Å². The zero-order valence-electron chi connectivity index (χ0n) is 12.0. The average molecular weight is 296 g/mol. The maximum atomic E-state index is 10.9. The molecule has 4 heteroatoms. The largest absolute Gasteiger partial charge is 0.494 e. The summed E-state index contributed by atoms with van der Waals surface area (Å²) in [6, 6.07) is 6.96. The summed E-state index contributed by atoms with van der Waals surface area (Å²) in [6.45, 7) is 6.56. The van der Waals surface area contributed by atoms with Crippen LogP contribution >= 0.6 is 11.6 Å². The first-order valence-electron chi connectivity index (χ1n) is 7.30. The lowest BCUT2D eigenvalue weighted by Gasteiger charge is -2.30. The highest BCUT2D eigenvalue weighted by molar-refractivity contribution is 6.67. The van der Waals surface area contributed by atoms with Crippen molar-refractivity contribution in [1.29, 1.82) is 0 Å². The van der Waals surface area contributed by atoms with Gasteiger partial charge in [0.2, 0.25) is 0 Å². The molecule has 0 radical (unpaired) electrons. The summed E-state index contributed by atoms with van der Waals surface area (Å²) >= 11 is 5.39. The Morgan fingerprint density at radius 3 is 2.80 bits per heavy atom. The van der Waals surface area contributed by atoms with E-state index < -0.39 is 5.24 Å². The maximum absolute atomic E-state index is 10.9. The quantitative estimate of drug-likeness (QED) is 0.593. The van der Waals surface area contributed by atoms with Gasteiger partial charge in [0.25, 0.3) is 5.24 Å². The Morgan fingerprint density at radius 2 is 2.15 bits per heavy atom. The summed E-state index contributed by atoms with van der Waals surface area (Å²) < 4.78 is 5.68. The molecular weight excluding hydrogens is 274 g/mol. The number of ether oxygens (including phenoxy) is 1. The summed E-state index contributed by atoms with van der Waals surface area (Å²) in [5.41, 5.74) is 0.501. The molecule has 3 nitrogen and oxygen atoms in total. The van der Waals surface area contributed by atoms with Crippen LogP contribution in [0.2, 0.25) is 0 Å². The molecule has 0 aromatic heterocycles. The van der Waals surface area contributed by atoms with Crippen molar-refractivity contribution >= 4 is 16.8 Å². The van der Waals surface area contributed by atoms with Gasteiger partial charge in [-0.15, -0.1) is 0 Å². The third-order valence-corrected chi connectivity index (χ3v) is 3.93. The van der Waals surface area contributed by atoms with Crippen LogP contribution in [-0.4, -0.2) is 36.4 Å². The molecule has 1 heterocycles. The summed E-state index contributed by atoms with van der Waals surface area (Å²) in [6.07, 6.45) is 3.71. The van der Waals surface area contributed by atoms with Crippen molar-refractivity contribution in [2.24, 2.45) is 5.92 Å². The first-order chi connectivity index (χ1) is 9.65. The SMILES string of the molecule is CC1CCCN(CCCOc2ccc(C(=O)Cl)cc2)C1. The second-order valence-electron chi connectivity index (χ2n) is 5.55. The van der Waals surface area contributed by atoms with E-state index in [0.717, 1.165) is 24.6 Å². The molecule has 1 aromatic carbocycles. The smallest absolute Gasteiger partial charge is 0.252 e. The molecule has 0 aliphatic carbocycles. The fourth-order valence-corrected chi connectivity index (χ4v) is 2.78. The van der Waals surface area contributed by atoms with Gasteiger partial charge < -0.3 is 9.64 Å². The molecule has 0 amide bonds. The highest BCUT2D eigenvalue weighted by Crippen LogP contribution is 2.16. The lowest BCUT2D eigenvalue weighted by molar-refractivity contribution is 0.108. The molecule has 0 spiro atoms. The Morgan fingerprint density at radius 1 is 1.40 bits per heavy atom. The number of hydrogen-bond acceptors (Lipinski definition) is 3. The van der Waals surface area contributed by atoms with E-state index in [4.69, 9.17) is 16.3 Å². The van der Waals surface area contributed by atoms with Crippen LogP contribution in [0.5, 0.6) is 5.75 Å². The van der Waals surface area contributed by atoms with Crippen LogP contribution < -0.4 is 4.74 Å². The first kappa shape index (κ1) is 15.3. The van der Waals surface area contributed by atoms with Crippen LogP contribution in [0, 0.1) is 5.92 Å². The number of nitrogens with zero attached hydrogens (tertiary/aromatic N) is 1. The fraction of sp³-hybridized carbons (Fsp3) is 0.562. The van der Waals surface area contributed by atoms with Gasteiger partial charge in [-0.25, -0.2) is 0 Å². The van der Waals surface area contributed by atoms with Crippen LogP contribution in [0.3, 0.4) is 0 Å². The number of carbonyl (C=O) groups is 1. The van der Waals surface area contributed by atoms with Crippen LogP contribution in [0.15, 0.2) is 24.3 Å². The molecule has 0 N–H and O–H groups in total. The second-order valence-corrected chi connectivity index (χ2v) is 5.89. The van der Waals surface area contributed by atoms with E-state index in [2.05, 4.69) is 11.8 Å². The first-order valence-corrected chi connectivity index (χ1v) is 7.68. The number of benzene rings is 1. The molecule has 1 aromatic rings. The van der Waals surface area contributed by atoms with Crippen molar-refractivity contribution < 1.29 is 9.53 Å². The molecule has 2 rings (SSSR count). The number of halogens is 1. The van der Waals surface area contributed by atoms with Crippen molar-refractivity contribution in [3.8, 4) is 5.75 Å². The number of piperidine rings is 1. The van der Waals surface area contributed by atoms with E-state index >= 15 is 0 Å². The van der Waals surface area contributed by atoms with Crippen molar-refractivity contribution in [3.05, 3.63) is 29.8 Å². The zero-order valence-corrected chi connectivity index (χ0v) is 12.7. The topological polar surface area (TPSA) is 29.5 Å². The minimum Gasteiger partial charge on any atom is -0.494 e. The molecular formula is C16H22ClNO2. The Hall–Kier alpha value is -1.06. The third kappa shape index (κ3) is 4.80. The lowest BCUT2D eigenvalue weighted by Crippen LogP contribution is -2.35. The molecule has 0 bridgehead atoms. The van der Waals surface area contributed by atoms with E-state index in [1.807, 2.05) is 0 Å². The van der Waals surface area contributed by atoms with Gasteiger partial charge in [0.1, 0.15) is 5.75 Å². The average Bonchev–Trinajstić information content (AvgIpc) is 2.44. The van der Waals surface area contributed by atoms with Crippen LogP contribution in [0.25, 0.3) is 0 Å². The fourth-order valence-electron chi connectivity index (χ4n) is 2.65. The van der Waals surface area contributed by atoms with E-state index in [0.29, 0.717) is 12.2 Å². The Labute approximate surface area is 125 Å². The number of carbonyl (C=O) groups excluding carboxylic acids is 1. The molecule has 1 atom stereocenters. The second kappa shape index (κ2) is 7.65. The van der Waals surface area contributed by atoms with Gasteiger partial charge in [-0.2, -0.15) is 0 Å². The lowest BCUT2D eigenvalue weighted by atomic mass is 10.0. The Bertz CT molecular complexity index is 433. The van der Waals surface area contributed by atoms with Crippen molar-refractivity contribution in [3.63, 3.8) is 0 Å². The monoisotopic (exact) mass is 295 g/mol. The van der Waals surface area contributed by atoms with Gasteiger partial charge in [-0.1, -0.05) is 6.92 Å². The minimum absolute atomic E-state index is 0.434. The molecule has 1 saturated heterocycles. The van der Waals surface area contributed by atoms with Crippen LogP contribution in [0.1, 0.15) is 36.5 Å². The maximum Gasteiger partial charge on any atom is 0.252 e. The number of rotatable bonds is 6. The van der Waals surface area contributed by atoms with Crippen molar-refractivity contribution in [1.82, 2.24) is 4.90 Å². The third-order valence-electron chi connectivity index (χ3n) is 3.71. The Balaban J connectivity index is 1.66. The van der Waals surface area contributed by atoms with E-state index in [9.17, 15) is 4.79 Å². The van der Waals surface area contributed by atoms with E-state index in [-0.39, 0.29) is 0 Å². The number of hydrogen-bond donors (Lipinski definition) is 0. The molecule has 1 aliphatic heterocycles. The predicted molar refractivity (Wildman–Crippen MR) is 81.6 cm³/mol. The van der Waals surface area contributed by atoms with Crippen molar-refractivity contribution in [2.45, 2.75) is 26.2 Å². The van der Waals surface area contributed by atoms with E-state index in [1.165, 1.54) is 25.9 Å². The summed E-state index contributed by atoms with van der Waals surface area (Å²) in [4.78, 5) is 13.5. The van der Waals surface area contributed by atoms with Gasteiger partial charge in [0.15, 0.2) is 0 Å². The predicted octanol–water partition coefficient (Wildman–Crippen LogP) is 3.57. The summed E-state index contributed by atoms with van der Waals surface area (Å²) in [5.74, 6) is 1.61. The normalized spacial score (nSPS) is 19.8. The van der Waals surface area contributed by atoms with Crippen molar-refractivity contribution in [2.75, 3.05) is 26.2 Å². The summed E-state index contributed by atoms with van der Waals surface area (Å²) in [5, 5.41) is -0.434. The van der Waals surface area contributed by atoms with Gasteiger partial charge in [0, 0.05) is 18.7 Å². The molecule has 1 fully saturated rings.